The van der Waals surface area contributed by atoms with Gasteiger partial charge in [0.2, 0.25) is 0 Å². The fraction of sp³-hybridized carbons (Fsp3) is 0.308. The summed E-state index contributed by atoms with van der Waals surface area (Å²) in [6, 6.07) is 5.14. The normalized spacial score (nSPS) is 10.8. The third kappa shape index (κ3) is 3.32. The second-order valence-corrected chi connectivity index (χ2v) is 5.73. The van der Waals surface area contributed by atoms with Gasteiger partial charge in [0, 0.05) is 43.6 Å². The van der Waals surface area contributed by atoms with Crippen molar-refractivity contribution in [3.05, 3.63) is 61.6 Å². The van der Waals surface area contributed by atoms with Gasteiger partial charge in [-0.2, -0.15) is 11.8 Å². The quantitative estimate of drug-likeness (QED) is 0.804. The lowest BCUT2D eigenvalue weighted by Gasteiger charge is -2.09. The maximum atomic E-state index is 11.8. The van der Waals surface area contributed by atoms with E-state index in [1.54, 1.807) is 31.1 Å². The Morgan fingerprint density at radius 3 is 2.60 bits per heavy atom. The van der Waals surface area contributed by atoms with E-state index in [2.05, 4.69) is 4.98 Å². The second kappa shape index (κ2) is 6.28. The predicted molar refractivity (Wildman–Crippen MR) is 81.2 cm³/mol. The molecular formula is C13H14ClN3O2S. The Kier molecular flexibility index (Phi) is 4.67. The number of nitrogens with zero attached hydrogens (tertiary/aromatic N) is 3. The van der Waals surface area contributed by atoms with Crippen LogP contribution in [0.3, 0.4) is 0 Å². The summed E-state index contributed by atoms with van der Waals surface area (Å²) in [5.74, 6) is 1.33. The van der Waals surface area contributed by atoms with Crippen molar-refractivity contribution in [2.75, 3.05) is 0 Å². The molecule has 2 aromatic rings. The van der Waals surface area contributed by atoms with Crippen LogP contribution in [0.5, 0.6) is 0 Å². The molecule has 2 heterocycles. The molecular weight excluding hydrogens is 298 g/mol. The first kappa shape index (κ1) is 14.9. The first-order chi connectivity index (χ1) is 9.49. The van der Waals surface area contributed by atoms with Crippen molar-refractivity contribution < 1.29 is 0 Å². The summed E-state index contributed by atoms with van der Waals surface area (Å²) < 4.78 is 2.59. The van der Waals surface area contributed by atoms with E-state index in [1.807, 2.05) is 6.07 Å². The van der Waals surface area contributed by atoms with Crippen LogP contribution in [-0.2, 0) is 25.6 Å². The summed E-state index contributed by atoms with van der Waals surface area (Å²) in [6.07, 6.45) is 1.72. The lowest BCUT2D eigenvalue weighted by Crippen LogP contribution is -2.37. The highest BCUT2D eigenvalue weighted by atomic mass is 35.5. The number of pyridine rings is 1. The molecule has 0 saturated carbocycles. The van der Waals surface area contributed by atoms with Crippen molar-refractivity contribution in [1.29, 1.82) is 0 Å². The van der Waals surface area contributed by atoms with Crippen LogP contribution in [0.4, 0.5) is 0 Å². The summed E-state index contributed by atoms with van der Waals surface area (Å²) in [4.78, 5) is 27.4. The average Bonchev–Trinajstić information content (AvgIpc) is 2.44. The molecule has 0 aliphatic rings. The Balaban J connectivity index is 2.07. The van der Waals surface area contributed by atoms with Gasteiger partial charge < -0.3 is 0 Å². The minimum atomic E-state index is -0.304. The molecule has 5 nitrogen and oxygen atoms in total. The topological polar surface area (TPSA) is 56.9 Å². The molecule has 0 bridgehead atoms. The zero-order valence-electron chi connectivity index (χ0n) is 11.2. The Hall–Kier alpha value is -1.53. The van der Waals surface area contributed by atoms with Crippen LogP contribution < -0.4 is 11.2 Å². The Labute approximate surface area is 125 Å². The average molecular weight is 312 g/mol. The molecule has 20 heavy (non-hydrogen) atoms. The van der Waals surface area contributed by atoms with Gasteiger partial charge in [0.15, 0.2) is 0 Å². The molecule has 0 unspecified atom stereocenters. The number of rotatable bonds is 4. The van der Waals surface area contributed by atoms with Crippen LogP contribution in [0.15, 0.2) is 34.0 Å². The van der Waals surface area contributed by atoms with Crippen molar-refractivity contribution in [3.63, 3.8) is 0 Å². The van der Waals surface area contributed by atoms with Crippen molar-refractivity contribution in [3.8, 4) is 0 Å². The van der Waals surface area contributed by atoms with Crippen LogP contribution in [0.25, 0.3) is 0 Å². The second-order valence-electron chi connectivity index (χ2n) is 4.36. The molecule has 0 aromatic carbocycles. The first-order valence-corrected chi connectivity index (χ1v) is 7.46. The van der Waals surface area contributed by atoms with E-state index < -0.39 is 0 Å². The van der Waals surface area contributed by atoms with E-state index in [1.165, 1.54) is 17.7 Å². The van der Waals surface area contributed by atoms with Gasteiger partial charge in [0.25, 0.3) is 5.56 Å². The molecule has 2 aromatic heterocycles. The monoisotopic (exact) mass is 311 g/mol. The lowest BCUT2D eigenvalue weighted by molar-refractivity contribution is 0.665. The van der Waals surface area contributed by atoms with Crippen molar-refractivity contribution in [1.82, 2.24) is 14.1 Å². The Morgan fingerprint density at radius 1 is 1.20 bits per heavy atom. The van der Waals surface area contributed by atoms with Crippen molar-refractivity contribution in [2.24, 2.45) is 14.1 Å². The molecule has 0 amide bonds. The molecule has 0 radical (unpaired) electrons. The molecule has 0 saturated heterocycles. The fourth-order valence-electron chi connectivity index (χ4n) is 1.68. The SMILES string of the molecule is Cn1c(CSCc2ccc(Cl)nc2)cc(=O)n(C)c1=O. The standard InChI is InChI=1S/C13H14ClN3O2S/c1-16-10(5-12(18)17(2)13(16)19)8-20-7-9-3-4-11(14)15-6-9/h3-6H,7-8H2,1-2H3. The Morgan fingerprint density at radius 2 is 1.95 bits per heavy atom. The maximum absolute atomic E-state index is 11.8. The fourth-order valence-corrected chi connectivity index (χ4v) is 2.79. The highest BCUT2D eigenvalue weighted by molar-refractivity contribution is 7.97. The highest BCUT2D eigenvalue weighted by Gasteiger charge is 2.06. The van der Waals surface area contributed by atoms with E-state index in [4.69, 9.17) is 11.6 Å². The highest BCUT2D eigenvalue weighted by Crippen LogP contribution is 2.16. The molecule has 7 heteroatoms. The summed E-state index contributed by atoms with van der Waals surface area (Å²) in [6.45, 7) is 0. The zero-order valence-corrected chi connectivity index (χ0v) is 12.7. The van der Waals surface area contributed by atoms with E-state index in [-0.39, 0.29) is 11.2 Å². The minimum absolute atomic E-state index is 0.281. The number of halogens is 1. The molecule has 0 atom stereocenters. The first-order valence-electron chi connectivity index (χ1n) is 5.93. The van der Waals surface area contributed by atoms with Gasteiger partial charge in [-0.3, -0.25) is 13.9 Å². The summed E-state index contributed by atoms with van der Waals surface area (Å²) in [7, 11) is 3.14. The van der Waals surface area contributed by atoms with Gasteiger partial charge in [-0.05, 0) is 11.6 Å². The number of thioether (sulfide) groups is 1. The van der Waals surface area contributed by atoms with Gasteiger partial charge in [0.1, 0.15) is 5.15 Å². The van der Waals surface area contributed by atoms with E-state index >= 15 is 0 Å². The molecule has 0 N–H and O–H groups in total. The Bertz CT molecular complexity index is 722. The van der Waals surface area contributed by atoms with E-state index in [0.29, 0.717) is 16.6 Å². The van der Waals surface area contributed by atoms with Crippen LogP contribution >= 0.6 is 23.4 Å². The van der Waals surface area contributed by atoms with Gasteiger partial charge in [-0.15, -0.1) is 0 Å². The molecule has 106 valence electrons. The lowest BCUT2D eigenvalue weighted by atomic mass is 10.3. The molecule has 0 aliphatic heterocycles. The van der Waals surface area contributed by atoms with Gasteiger partial charge >= 0.3 is 5.69 Å². The number of aromatic nitrogens is 3. The molecule has 0 spiro atoms. The molecule has 2 rings (SSSR count). The van der Waals surface area contributed by atoms with Crippen LogP contribution in [0, 0.1) is 0 Å². The molecule has 0 fully saturated rings. The number of hydrogen-bond donors (Lipinski definition) is 0. The van der Waals surface area contributed by atoms with Gasteiger partial charge in [-0.1, -0.05) is 17.7 Å². The maximum Gasteiger partial charge on any atom is 0.330 e. The van der Waals surface area contributed by atoms with Crippen LogP contribution in [0.1, 0.15) is 11.3 Å². The smallest absolute Gasteiger partial charge is 0.300 e. The van der Waals surface area contributed by atoms with Gasteiger partial charge in [0.05, 0.1) is 0 Å². The minimum Gasteiger partial charge on any atom is -0.300 e. The van der Waals surface area contributed by atoms with E-state index in [0.717, 1.165) is 15.9 Å². The largest absolute Gasteiger partial charge is 0.330 e. The number of hydrogen-bond acceptors (Lipinski definition) is 4. The third-order valence-electron chi connectivity index (χ3n) is 2.93. The third-order valence-corrected chi connectivity index (χ3v) is 4.19. The van der Waals surface area contributed by atoms with Gasteiger partial charge in [-0.25, -0.2) is 9.78 Å². The summed E-state index contributed by atoms with van der Waals surface area (Å²) in [5, 5.41) is 0.465. The zero-order chi connectivity index (χ0) is 14.7. The van der Waals surface area contributed by atoms with Crippen molar-refractivity contribution in [2.45, 2.75) is 11.5 Å². The predicted octanol–water partition coefficient (Wildman–Crippen LogP) is 1.57. The van der Waals surface area contributed by atoms with E-state index in [9.17, 15) is 9.59 Å². The summed E-state index contributed by atoms with van der Waals surface area (Å²) >= 11 is 7.33. The summed E-state index contributed by atoms with van der Waals surface area (Å²) in [5.41, 5.74) is 1.18. The van der Waals surface area contributed by atoms with Crippen molar-refractivity contribution >= 4 is 23.4 Å². The van der Waals surface area contributed by atoms with Crippen LogP contribution in [-0.4, -0.2) is 14.1 Å². The molecule has 0 aliphatic carbocycles. The van der Waals surface area contributed by atoms with Crippen LogP contribution in [0.2, 0.25) is 5.15 Å².